The molecule has 0 saturated carbocycles. The molecule has 114 valence electrons. The summed E-state index contributed by atoms with van der Waals surface area (Å²) >= 11 is 5.89. The van der Waals surface area contributed by atoms with Crippen molar-refractivity contribution in [3.63, 3.8) is 0 Å². The van der Waals surface area contributed by atoms with E-state index in [-0.39, 0.29) is 11.5 Å². The maximum atomic E-state index is 12.2. The summed E-state index contributed by atoms with van der Waals surface area (Å²) in [5.74, 6) is 0. The lowest BCUT2D eigenvalue weighted by atomic mass is 10.1. The first-order chi connectivity index (χ1) is 9.42. The van der Waals surface area contributed by atoms with E-state index in [1.165, 1.54) is 6.07 Å². The minimum Gasteiger partial charge on any atom is -0.392 e. The molecule has 0 fully saturated rings. The molecule has 0 bridgehead atoms. The van der Waals surface area contributed by atoms with Crippen LogP contribution in [0, 0.1) is 6.92 Å². The summed E-state index contributed by atoms with van der Waals surface area (Å²) in [6, 6.07) is 2.96. The molecule has 1 aromatic carbocycles. The van der Waals surface area contributed by atoms with Crippen LogP contribution in [0.3, 0.4) is 0 Å². The average molecular weight is 322 g/mol. The lowest BCUT2D eigenvalue weighted by molar-refractivity contribution is 0.193. The molecule has 0 radical (unpaired) electrons. The Morgan fingerprint density at radius 3 is 2.65 bits per heavy atom. The minimum absolute atomic E-state index is 0.112. The highest BCUT2D eigenvalue weighted by Crippen LogP contribution is 2.24. The van der Waals surface area contributed by atoms with Crippen LogP contribution < -0.4 is 4.72 Å². The maximum Gasteiger partial charge on any atom is 0.240 e. The van der Waals surface area contributed by atoms with Crippen LogP contribution in [0.5, 0.6) is 0 Å². The van der Waals surface area contributed by atoms with Crippen molar-refractivity contribution in [3.05, 3.63) is 28.3 Å². The molecule has 0 heterocycles. The van der Waals surface area contributed by atoms with Crippen LogP contribution in [0.25, 0.3) is 0 Å². The van der Waals surface area contributed by atoms with Crippen LogP contribution in [0.2, 0.25) is 5.02 Å². The molecule has 0 aliphatic heterocycles. The summed E-state index contributed by atoms with van der Waals surface area (Å²) in [5.41, 5.74) is 1.03. The fourth-order valence-corrected chi connectivity index (χ4v) is 3.50. The normalized spacial score (nSPS) is 11.8. The van der Waals surface area contributed by atoms with E-state index in [0.717, 1.165) is 6.42 Å². The van der Waals surface area contributed by atoms with Gasteiger partial charge in [0, 0.05) is 25.3 Å². The zero-order valence-electron chi connectivity index (χ0n) is 11.6. The van der Waals surface area contributed by atoms with Gasteiger partial charge in [-0.15, -0.1) is 0 Å². The van der Waals surface area contributed by atoms with E-state index >= 15 is 0 Å². The molecule has 1 rings (SSSR count). The third-order valence-electron chi connectivity index (χ3n) is 2.96. The summed E-state index contributed by atoms with van der Waals surface area (Å²) in [6.07, 6.45) is 1.48. The summed E-state index contributed by atoms with van der Waals surface area (Å²) < 4.78 is 31.9. The predicted molar refractivity (Wildman–Crippen MR) is 78.4 cm³/mol. The molecule has 0 atom stereocenters. The zero-order chi connectivity index (χ0) is 15.2. The molecule has 20 heavy (non-hydrogen) atoms. The fourth-order valence-electron chi connectivity index (χ4n) is 1.81. The molecule has 1 aromatic rings. The van der Waals surface area contributed by atoms with E-state index in [1.54, 1.807) is 20.1 Å². The highest BCUT2D eigenvalue weighted by Gasteiger charge is 2.19. The standard InChI is InChI=1S/C13H20ClNO4S/c1-10-11(9-16)7-12(14)8-13(10)20(17,18)15-5-3-4-6-19-2/h7-8,15-16H,3-6,9H2,1-2H3. The van der Waals surface area contributed by atoms with E-state index < -0.39 is 10.0 Å². The van der Waals surface area contributed by atoms with Crippen LogP contribution in [-0.2, 0) is 21.4 Å². The number of nitrogens with one attached hydrogen (secondary N) is 1. The molecule has 0 saturated heterocycles. The van der Waals surface area contributed by atoms with Crippen LogP contribution in [0.4, 0.5) is 0 Å². The lowest BCUT2D eigenvalue weighted by Crippen LogP contribution is -2.26. The number of rotatable bonds is 8. The topological polar surface area (TPSA) is 75.6 Å². The van der Waals surface area contributed by atoms with Gasteiger partial charge >= 0.3 is 0 Å². The van der Waals surface area contributed by atoms with Crippen LogP contribution in [0.15, 0.2) is 17.0 Å². The number of hydrogen-bond acceptors (Lipinski definition) is 4. The smallest absolute Gasteiger partial charge is 0.240 e. The highest BCUT2D eigenvalue weighted by molar-refractivity contribution is 7.89. The Morgan fingerprint density at radius 1 is 1.35 bits per heavy atom. The second kappa shape index (κ2) is 7.95. The molecular weight excluding hydrogens is 302 g/mol. The molecule has 0 aliphatic rings. The predicted octanol–water partition coefficient (Wildman–Crippen LogP) is 1.85. The van der Waals surface area contributed by atoms with Crippen LogP contribution in [-0.4, -0.2) is 33.8 Å². The molecule has 2 N–H and O–H groups in total. The van der Waals surface area contributed by atoms with Gasteiger partial charge in [0.2, 0.25) is 10.0 Å². The van der Waals surface area contributed by atoms with Gasteiger partial charge in [0.1, 0.15) is 0 Å². The Bertz CT molecular complexity index is 546. The van der Waals surface area contributed by atoms with Gasteiger partial charge in [-0.3, -0.25) is 0 Å². The van der Waals surface area contributed by atoms with Gasteiger partial charge in [0.15, 0.2) is 0 Å². The van der Waals surface area contributed by atoms with Crippen molar-refractivity contribution >= 4 is 21.6 Å². The highest BCUT2D eigenvalue weighted by atomic mass is 35.5. The molecule has 0 spiro atoms. The van der Waals surface area contributed by atoms with Crippen molar-refractivity contribution in [1.82, 2.24) is 4.72 Å². The van der Waals surface area contributed by atoms with Crippen molar-refractivity contribution < 1.29 is 18.3 Å². The number of ether oxygens (including phenoxy) is 1. The molecule has 0 aromatic heterocycles. The maximum absolute atomic E-state index is 12.2. The van der Waals surface area contributed by atoms with Gasteiger partial charge in [0.25, 0.3) is 0 Å². The largest absolute Gasteiger partial charge is 0.392 e. The SMILES string of the molecule is COCCCCNS(=O)(=O)c1cc(Cl)cc(CO)c1C. The van der Waals surface area contributed by atoms with E-state index in [9.17, 15) is 13.5 Å². The van der Waals surface area contributed by atoms with Gasteiger partial charge in [-0.25, -0.2) is 13.1 Å². The quantitative estimate of drug-likeness (QED) is 0.716. The van der Waals surface area contributed by atoms with Crippen molar-refractivity contribution in [2.45, 2.75) is 31.3 Å². The minimum atomic E-state index is -3.62. The Kier molecular flexibility index (Phi) is 6.91. The first-order valence-corrected chi connectivity index (χ1v) is 8.17. The van der Waals surface area contributed by atoms with Gasteiger partial charge in [-0.1, -0.05) is 11.6 Å². The van der Waals surface area contributed by atoms with Crippen molar-refractivity contribution in [1.29, 1.82) is 0 Å². The summed E-state index contributed by atoms with van der Waals surface area (Å²) in [4.78, 5) is 0.112. The Balaban J connectivity index is 2.84. The fraction of sp³-hybridized carbons (Fsp3) is 0.538. The van der Waals surface area contributed by atoms with Crippen molar-refractivity contribution in [2.75, 3.05) is 20.3 Å². The Labute approximate surface area is 125 Å². The van der Waals surface area contributed by atoms with Gasteiger partial charge in [-0.05, 0) is 43.0 Å². The molecular formula is C13H20ClNO4S. The number of aliphatic hydroxyl groups is 1. The second-order valence-electron chi connectivity index (χ2n) is 4.44. The number of halogens is 1. The molecule has 0 aliphatic carbocycles. The van der Waals surface area contributed by atoms with E-state index in [2.05, 4.69) is 4.72 Å². The van der Waals surface area contributed by atoms with E-state index in [4.69, 9.17) is 16.3 Å². The van der Waals surface area contributed by atoms with Crippen LogP contribution >= 0.6 is 11.6 Å². The first kappa shape index (κ1) is 17.4. The second-order valence-corrected chi connectivity index (χ2v) is 6.62. The van der Waals surface area contributed by atoms with Crippen molar-refractivity contribution in [3.8, 4) is 0 Å². The monoisotopic (exact) mass is 321 g/mol. The third kappa shape index (κ3) is 4.71. The first-order valence-electron chi connectivity index (χ1n) is 6.31. The van der Waals surface area contributed by atoms with E-state index in [1.807, 2.05) is 0 Å². The number of unbranched alkanes of at least 4 members (excludes halogenated alkanes) is 1. The number of sulfonamides is 1. The van der Waals surface area contributed by atoms with Gasteiger partial charge < -0.3 is 9.84 Å². The summed E-state index contributed by atoms with van der Waals surface area (Å²) in [5, 5.41) is 9.51. The molecule has 5 nitrogen and oxygen atoms in total. The molecule has 0 amide bonds. The Morgan fingerprint density at radius 2 is 2.05 bits per heavy atom. The number of benzene rings is 1. The van der Waals surface area contributed by atoms with Crippen LogP contribution in [0.1, 0.15) is 24.0 Å². The summed E-state index contributed by atoms with van der Waals surface area (Å²) in [7, 11) is -2.01. The number of aliphatic hydroxyl groups excluding tert-OH is 1. The zero-order valence-corrected chi connectivity index (χ0v) is 13.2. The molecule has 0 unspecified atom stereocenters. The number of methoxy groups -OCH3 is 1. The van der Waals surface area contributed by atoms with Crippen molar-refractivity contribution in [2.24, 2.45) is 0 Å². The van der Waals surface area contributed by atoms with Gasteiger partial charge in [-0.2, -0.15) is 0 Å². The third-order valence-corrected chi connectivity index (χ3v) is 4.77. The molecule has 7 heteroatoms. The number of hydrogen-bond donors (Lipinski definition) is 2. The summed E-state index contributed by atoms with van der Waals surface area (Å²) in [6.45, 7) is 2.35. The average Bonchev–Trinajstić information content (AvgIpc) is 2.40. The van der Waals surface area contributed by atoms with Gasteiger partial charge in [0.05, 0.1) is 11.5 Å². The lowest BCUT2D eigenvalue weighted by Gasteiger charge is -2.12. The Hall–Kier alpha value is -0.660. The van der Waals surface area contributed by atoms with E-state index in [0.29, 0.717) is 35.7 Å².